The van der Waals surface area contributed by atoms with E-state index in [0.717, 1.165) is 24.2 Å². The maximum absolute atomic E-state index is 12.8. The van der Waals surface area contributed by atoms with Crippen LogP contribution in [0.15, 0.2) is 36.9 Å². The van der Waals surface area contributed by atoms with E-state index >= 15 is 0 Å². The van der Waals surface area contributed by atoms with Gasteiger partial charge in [0.15, 0.2) is 0 Å². The van der Waals surface area contributed by atoms with E-state index < -0.39 is 27.6 Å². The molecule has 5 nitrogen and oxygen atoms in total. The van der Waals surface area contributed by atoms with Gasteiger partial charge >= 0.3 is 12.1 Å². The molecule has 0 bridgehead atoms. The molecule has 1 aromatic rings. The first-order valence-electron chi connectivity index (χ1n) is 9.90. The molecule has 0 radical (unpaired) electrons. The van der Waals surface area contributed by atoms with Crippen LogP contribution in [0.25, 0.3) is 0 Å². The van der Waals surface area contributed by atoms with Crippen LogP contribution >= 0.6 is 10.0 Å². The number of carbonyl (C=O) groups excluding carboxylic acids is 2. The van der Waals surface area contributed by atoms with Crippen molar-refractivity contribution >= 4 is 22.1 Å². The normalized spacial score (nSPS) is 13.3. The van der Waals surface area contributed by atoms with Gasteiger partial charge in [-0.2, -0.15) is 0 Å². The topological polar surface area (TPSA) is 64.6 Å². The summed E-state index contributed by atoms with van der Waals surface area (Å²) in [6, 6.07) is 7.84. The molecular weight excluding hydrogens is 386 g/mol. The van der Waals surface area contributed by atoms with Gasteiger partial charge in [0.05, 0.1) is 5.92 Å². The number of hydrogen-bond acceptors (Lipinski definition) is 4. The molecule has 1 N–H and O–H groups in total. The molecule has 1 amide bonds. The highest BCUT2D eigenvalue weighted by molar-refractivity contribution is 8.32. The van der Waals surface area contributed by atoms with Gasteiger partial charge in [0.2, 0.25) is 0 Å². The number of esters is 1. The summed E-state index contributed by atoms with van der Waals surface area (Å²) in [5.74, 6) is -0.110. The number of aryl methyl sites for hydroxylation is 1. The van der Waals surface area contributed by atoms with Crippen molar-refractivity contribution in [2.75, 3.05) is 37.7 Å². The molecule has 0 aliphatic heterocycles. The summed E-state index contributed by atoms with van der Waals surface area (Å²) in [4.78, 5) is 24.8. The third kappa shape index (κ3) is 11.0. The van der Waals surface area contributed by atoms with Crippen molar-refractivity contribution in [3.63, 3.8) is 0 Å². The van der Waals surface area contributed by atoms with Gasteiger partial charge in [-0.1, -0.05) is 30.3 Å². The van der Waals surface area contributed by atoms with Crippen LogP contribution in [-0.2, 0) is 20.7 Å². The van der Waals surface area contributed by atoms with Crippen LogP contribution in [0.2, 0.25) is 0 Å². The third-order valence-electron chi connectivity index (χ3n) is 4.09. The Balaban J connectivity index is 2.79. The summed E-state index contributed by atoms with van der Waals surface area (Å²) in [6.07, 6.45) is 9.70. The van der Waals surface area contributed by atoms with Crippen LogP contribution in [-0.4, -0.2) is 55.3 Å². The summed E-state index contributed by atoms with van der Waals surface area (Å²) in [5, 5.41) is 2.72. The second-order valence-electron chi connectivity index (χ2n) is 8.97. The minimum absolute atomic E-state index is 0.127. The van der Waals surface area contributed by atoms with Crippen LogP contribution in [0.3, 0.4) is 0 Å². The Morgan fingerprint density at radius 1 is 1.17 bits per heavy atom. The van der Waals surface area contributed by atoms with Gasteiger partial charge < -0.3 is 14.8 Å². The summed E-state index contributed by atoms with van der Waals surface area (Å²) in [6.45, 7) is 9.73. The van der Waals surface area contributed by atoms with Crippen molar-refractivity contribution in [2.45, 2.75) is 45.1 Å². The lowest BCUT2D eigenvalue weighted by Crippen LogP contribution is -2.36. The first-order chi connectivity index (χ1) is 13.4. The van der Waals surface area contributed by atoms with Gasteiger partial charge in [0, 0.05) is 12.3 Å². The first-order valence-corrected chi connectivity index (χ1v) is 12.9. The first kappa shape index (κ1) is 25.1. The van der Waals surface area contributed by atoms with E-state index in [1.807, 2.05) is 51.1 Å². The van der Waals surface area contributed by atoms with E-state index in [9.17, 15) is 9.59 Å². The number of hydrogen-bond donors (Lipinski definition) is 1. The van der Waals surface area contributed by atoms with E-state index in [2.05, 4.69) is 30.7 Å². The average Bonchev–Trinajstić information content (AvgIpc) is 2.58. The minimum atomic E-state index is -0.724. The Bertz CT molecular complexity index is 672. The largest absolute Gasteiger partial charge is 0.459 e. The third-order valence-corrected chi connectivity index (χ3v) is 5.48. The van der Waals surface area contributed by atoms with Crippen molar-refractivity contribution in [2.24, 2.45) is 0 Å². The molecule has 0 spiro atoms. The van der Waals surface area contributed by atoms with Crippen molar-refractivity contribution in [3.05, 3.63) is 48.0 Å². The highest BCUT2D eigenvalue weighted by Gasteiger charge is 2.27. The quantitative estimate of drug-likeness (QED) is 0.439. The molecule has 1 rings (SSSR count). The number of carbonyl (C=O) groups is 2. The molecule has 0 aromatic heterocycles. The van der Waals surface area contributed by atoms with Gasteiger partial charge in [0.1, 0.15) is 12.2 Å². The molecule has 1 atom stereocenters. The molecule has 6 heteroatoms. The number of rotatable bonds is 10. The molecule has 0 saturated carbocycles. The average molecular weight is 424 g/mol. The number of benzene rings is 1. The Kier molecular flexibility index (Phi) is 9.77. The molecule has 0 fully saturated rings. The number of amides is 1. The molecule has 164 valence electrons. The zero-order chi connectivity index (χ0) is 22.1. The van der Waals surface area contributed by atoms with Crippen LogP contribution in [0.4, 0.5) is 4.79 Å². The zero-order valence-electron chi connectivity index (χ0n) is 18.7. The zero-order valence-corrected chi connectivity index (χ0v) is 19.6. The maximum Gasteiger partial charge on any atom is 0.407 e. The van der Waals surface area contributed by atoms with Gasteiger partial charge in [-0.3, -0.25) is 4.79 Å². The van der Waals surface area contributed by atoms with Crippen molar-refractivity contribution in [1.82, 2.24) is 5.32 Å². The van der Waals surface area contributed by atoms with Crippen LogP contribution < -0.4 is 5.32 Å². The molecule has 1 aromatic carbocycles. The standard InChI is InChI=1S/C23H37NO4S/c1-8-9-10-18-11-13-19(14-12-18)20(21(25)28-23(2,3)4)17-24-22(26)27-15-16-29(5,6)7/h8,11-14,20H,1,9-10,15-17H2,2-7H3,(H,24,26). The van der Waals surface area contributed by atoms with E-state index in [4.69, 9.17) is 9.47 Å². The lowest BCUT2D eigenvalue weighted by Gasteiger charge is -2.25. The number of nitrogens with one attached hydrogen (secondary N) is 1. The van der Waals surface area contributed by atoms with E-state index in [-0.39, 0.29) is 12.5 Å². The Labute approximate surface area is 177 Å². The van der Waals surface area contributed by atoms with E-state index in [1.54, 1.807) is 0 Å². The Morgan fingerprint density at radius 3 is 2.31 bits per heavy atom. The summed E-state index contributed by atoms with van der Waals surface area (Å²) >= 11 is 0. The van der Waals surface area contributed by atoms with Crippen molar-refractivity contribution < 1.29 is 19.1 Å². The highest BCUT2D eigenvalue weighted by atomic mass is 32.3. The second-order valence-corrected chi connectivity index (χ2v) is 13.6. The van der Waals surface area contributed by atoms with Gasteiger partial charge in [-0.05, 0) is 63.5 Å². The lowest BCUT2D eigenvalue weighted by atomic mass is 9.96. The fourth-order valence-electron chi connectivity index (χ4n) is 2.52. The molecule has 0 aliphatic carbocycles. The molecule has 0 aliphatic rings. The number of allylic oxidation sites excluding steroid dienone is 1. The molecule has 0 heterocycles. The maximum atomic E-state index is 12.8. The van der Waals surface area contributed by atoms with Crippen molar-refractivity contribution in [1.29, 1.82) is 0 Å². The fourth-order valence-corrected chi connectivity index (χ4v) is 3.10. The van der Waals surface area contributed by atoms with Gasteiger partial charge in [-0.25, -0.2) is 14.8 Å². The SMILES string of the molecule is C=CCCc1ccc(C(CNC(=O)OCCS(C)(C)C)C(=O)OC(C)(C)C)cc1. The van der Waals surface area contributed by atoms with Gasteiger partial charge in [0.25, 0.3) is 0 Å². The van der Waals surface area contributed by atoms with Crippen molar-refractivity contribution in [3.8, 4) is 0 Å². The molecular formula is C23H37NO4S. The minimum Gasteiger partial charge on any atom is -0.459 e. The van der Waals surface area contributed by atoms with E-state index in [0.29, 0.717) is 6.61 Å². The molecule has 0 saturated heterocycles. The highest BCUT2D eigenvalue weighted by Crippen LogP contribution is 2.33. The Morgan fingerprint density at radius 2 is 1.79 bits per heavy atom. The van der Waals surface area contributed by atoms with E-state index in [1.165, 1.54) is 5.56 Å². The second kappa shape index (κ2) is 11.3. The summed E-state index contributed by atoms with van der Waals surface area (Å²) < 4.78 is 10.8. The smallest absolute Gasteiger partial charge is 0.407 e. The monoisotopic (exact) mass is 423 g/mol. The lowest BCUT2D eigenvalue weighted by molar-refractivity contribution is -0.156. The Hall–Kier alpha value is -1.95. The summed E-state index contributed by atoms with van der Waals surface area (Å²) in [5.41, 5.74) is 1.38. The van der Waals surface area contributed by atoms with Crippen LogP contribution in [0.1, 0.15) is 44.2 Å². The molecule has 29 heavy (non-hydrogen) atoms. The summed E-state index contributed by atoms with van der Waals surface area (Å²) in [7, 11) is -0.724. The number of ether oxygens (including phenoxy) is 2. The van der Waals surface area contributed by atoms with Crippen LogP contribution in [0.5, 0.6) is 0 Å². The fraction of sp³-hybridized carbons (Fsp3) is 0.565. The predicted molar refractivity (Wildman–Crippen MR) is 123 cm³/mol. The molecule has 1 unspecified atom stereocenters. The number of alkyl carbamates (subject to hydrolysis) is 1. The predicted octanol–water partition coefficient (Wildman–Crippen LogP) is 4.65. The van der Waals surface area contributed by atoms with Gasteiger partial charge in [-0.15, -0.1) is 6.58 Å². The van der Waals surface area contributed by atoms with Crippen LogP contribution in [0, 0.1) is 0 Å².